The fourth-order valence-electron chi connectivity index (χ4n) is 2.64. The van der Waals surface area contributed by atoms with E-state index in [0.717, 1.165) is 44.2 Å². The van der Waals surface area contributed by atoms with Crippen LogP contribution in [-0.4, -0.2) is 20.4 Å². The van der Waals surface area contributed by atoms with Gasteiger partial charge in [-0.05, 0) is 37.5 Å². The maximum atomic E-state index is 13.9. The number of amides is 1. The van der Waals surface area contributed by atoms with Crippen molar-refractivity contribution in [2.45, 2.75) is 50.0 Å². The van der Waals surface area contributed by atoms with Gasteiger partial charge < -0.3 is 5.32 Å². The Balaban J connectivity index is 2.28. The van der Waals surface area contributed by atoms with Gasteiger partial charge in [0.05, 0.1) is 10.5 Å². The van der Waals surface area contributed by atoms with Crippen LogP contribution in [0.25, 0.3) is 0 Å². The van der Waals surface area contributed by atoms with E-state index in [4.69, 9.17) is 5.14 Å². The van der Waals surface area contributed by atoms with Crippen molar-refractivity contribution < 1.29 is 17.6 Å². The summed E-state index contributed by atoms with van der Waals surface area (Å²) in [5, 5.41) is 7.84. The van der Waals surface area contributed by atoms with Gasteiger partial charge in [0.1, 0.15) is 5.82 Å². The molecule has 0 aromatic heterocycles. The Morgan fingerprint density at radius 2 is 1.90 bits per heavy atom. The number of benzene rings is 1. The van der Waals surface area contributed by atoms with Gasteiger partial charge >= 0.3 is 0 Å². The van der Waals surface area contributed by atoms with Gasteiger partial charge in [-0.25, -0.2) is 17.9 Å². The highest BCUT2D eigenvalue weighted by Gasteiger charge is 2.22. The average molecular weight is 314 g/mol. The highest BCUT2D eigenvalue weighted by atomic mass is 32.2. The molecule has 0 spiro atoms. The van der Waals surface area contributed by atoms with Gasteiger partial charge in [-0.1, -0.05) is 19.3 Å². The van der Waals surface area contributed by atoms with Crippen LogP contribution in [0, 0.1) is 12.7 Å². The maximum absolute atomic E-state index is 13.9. The van der Waals surface area contributed by atoms with Crippen molar-refractivity contribution in [3.05, 3.63) is 29.1 Å². The molecule has 0 bridgehead atoms. The zero-order chi connectivity index (χ0) is 15.6. The molecule has 0 unspecified atom stereocenters. The van der Waals surface area contributed by atoms with Crippen LogP contribution in [0.1, 0.15) is 48.0 Å². The van der Waals surface area contributed by atoms with E-state index in [1.165, 1.54) is 6.92 Å². The second kappa shape index (κ2) is 6.11. The Morgan fingerprint density at radius 3 is 2.48 bits per heavy atom. The molecule has 3 N–H and O–H groups in total. The van der Waals surface area contributed by atoms with Crippen LogP contribution < -0.4 is 10.5 Å². The lowest BCUT2D eigenvalue weighted by Crippen LogP contribution is -2.36. The maximum Gasteiger partial charge on any atom is 0.254 e. The number of halogens is 1. The predicted octanol–water partition coefficient (Wildman–Crippen LogP) is 1.84. The van der Waals surface area contributed by atoms with Crippen molar-refractivity contribution in [2.75, 3.05) is 0 Å². The number of carbonyl (C=O) groups excluding carboxylic acids is 1. The molecule has 5 nitrogen and oxygen atoms in total. The summed E-state index contributed by atoms with van der Waals surface area (Å²) in [5.41, 5.74) is -0.0978. The molecule has 1 aromatic rings. The summed E-state index contributed by atoms with van der Waals surface area (Å²) in [6.07, 6.45) is 4.93. The molecule has 1 aliphatic rings. The first-order valence-electron chi connectivity index (χ1n) is 6.93. The van der Waals surface area contributed by atoms with Gasteiger partial charge in [0.25, 0.3) is 5.91 Å². The highest BCUT2D eigenvalue weighted by Crippen LogP contribution is 2.21. The van der Waals surface area contributed by atoms with Gasteiger partial charge in [0.2, 0.25) is 10.0 Å². The molecule has 2 rings (SSSR count). The lowest BCUT2D eigenvalue weighted by molar-refractivity contribution is 0.0923. The summed E-state index contributed by atoms with van der Waals surface area (Å²) in [7, 11) is -3.99. The number of hydrogen-bond acceptors (Lipinski definition) is 3. The van der Waals surface area contributed by atoms with Crippen LogP contribution in [0.3, 0.4) is 0 Å². The Bertz CT molecular complexity index is 652. The first kappa shape index (κ1) is 15.9. The number of nitrogens with two attached hydrogens (primary N) is 1. The lowest BCUT2D eigenvalue weighted by atomic mass is 9.95. The first-order chi connectivity index (χ1) is 9.79. The number of aryl methyl sites for hydroxylation is 1. The van der Waals surface area contributed by atoms with E-state index in [1.807, 2.05) is 0 Å². The zero-order valence-corrected chi connectivity index (χ0v) is 12.7. The van der Waals surface area contributed by atoms with Crippen LogP contribution in [0.15, 0.2) is 17.0 Å². The van der Waals surface area contributed by atoms with Crippen molar-refractivity contribution in [1.82, 2.24) is 5.32 Å². The van der Waals surface area contributed by atoms with Gasteiger partial charge in [0, 0.05) is 6.04 Å². The molecule has 1 amide bonds. The minimum Gasteiger partial charge on any atom is -0.349 e. The number of nitrogens with one attached hydrogen (secondary N) is 1. The molecule has 0 saturated heterocycles. The number of hydrogen-bond donors (Lipinski definition) is 2. The van der Waals surface area contributed by atoms with Crippen molar-refractivity contribution in [1.29, 1.82) is 0 Å². The standard InChI is InChI=1S/C14H19FN2O3S/c1-9-7-12(15)11(8-13(9)21(16,19)20)14(18)17-10-5-3-2-4-6-10/h7-8,10H,2-6H2,1H3,(H,17,18)(H2,16,19,20). The Morgan fingerprint density at radius 1 is 1.29 bits per heavy atom. The lowest BCUT2D eigenvalue weighted by Gasteiger charge is -2.23. The van der Waals surface area contributed by atoms with E-state index in [9.17, 15) is 17.6 Å². The fraction of sp³-hybridized carbons (Fsp3) is 0.500. The highest BCUT2D eigenvalue weighted by molar-refractivity contribution is 7.89. The summed E-state index contributed by atoms with van der Waals surface area (Å²) in [4.78, 5) is 11.9. The summed E-state index contributed by atoms with van der Waals surface area (Å²) in [6, 6.07) is 2.05. The molecule has 21 heavy (non-hydrogen) atoms. The number of sulfonamides is 1. The predicted molar refractivity (Wildman–Crippen MR) is 76.8 cm³/mol. The Labute approximate surface area is 123 Å². The van der Waals surface area contributed by atoms with E-state index in [1.54, 1.807) is 0 Å². The molecule has 0 aliphatic heterocycles. The number of carbonyl (C=O) groups is 1. The van der Waals surface area contributed by atoms with E-state index in [0.29, 0.717) is 0 Å². The normalized spacial score (nSPS) is 16.7. The molecular formula is C14H19FN2O3S. The van der Waals surface area contributed by atoms with Crippen LogP contribution in [0.2, 0.25) is 0 Å². The summed E-state index contributed by atoms with van der Waals surface area (Å²) in [6.45, 7) is 1.44. The SMILES string of the molecule is Cc1cc(F)c(C(=O)NC2CCCCC2)cc1S(N)(=O)=O. The van der Waals surface area contributed by atoms with Crippen molar-refractivity contribution in [3.8, 4) is 0 Å². The molecule has 7 heteroatoms. The fourth-order valence-corrected chi connectivity index (χ4v) is 3.43. The molecule has 1 saturated carbocycles. The molecule has 0 heterocycles. The minimum atomic E-state index is -3.99. The Kier molecular flexibility index (Phi) is 4.63. The quantitative estimate of drug-likeness (QED) is 0.892. The second-order valence-electron chi connectivity index (χ2n) is 5.45. The Hall–Kier alpha value is -1.47. The largest absolute Gasteiger partial charge is 0.349 e. The molecule has 116 valence electrons. The van der Waals surface area contributed by atoms with Gasteiger partial charge in [0.15, 0.2) is 0 Å². The van der Waals surface area contributed by atoms with Crippen molar-refractivity contribution in [3.63, 3.8) is 0 Å². The molecule has 0 radical (unpaired) electrons. The molecule has 0 atom stereocenters. The van der Waals surface area contributed by atoms with Crippen molar-refractivity contribution >= 4 is 15.9 Å². The molecule has 1 aliphatic carbocycles. The van der Waals surface area contributed by atoms with Gasteiger partial charge in [-0.3, -0.25) is 4.79 Å². The number of primary sulfonamides is 1. The van der Waals surface area contributed by atoms with E-state index in [-0.39, 0.29) is 22.1 Å². The van der Waals surface area contributed by atoms with E-state index in [2.05, 4.69) is 5.32 Å². The van der Waals surface area contributed by atoms with Crippen LogP contribution >= 0.6 is 0 Å². The van der Waals surface area contributed by atoms with Crippen LogP contribution in [0.5, 0.6) is 0 Å². The number of rotatable bonds is 3. The van der Waals surface area contributed by atoms with Crippen molar-refractivity contribution in [2.24, 2.45) is 5.14 Å². The minimum absolute atomic E-state index is 0.0184. The monoisotopic (exact) mass is 314 g/mol. The third kappa shape index (κ3) is 3.79. The first-order valence-corrected chi connectivity index (χ1v) is 8.47. The summed E-state index contributed by atoms with van der Waals surface area (Å²) in [5.74, 6) is -1.34. The zero-order valence-electron chi connectivity index (χ0n) is 11.9. The van der Waals surface area contributed by atoms with Gasteiger partial charge in [-0.15, -0.1) is 0 Å². The molecular weight excluding hydrogens is 295 g/mol. The van der Waals surface area contributed by atoms with E-state index >= 15 is 0 Å². The summed E-state index contributed by atoms with van der Waals surface area (Å²) < 4.78 is 36.8. The van der Waals surface area contributed by atoms with Gasteiger partial charge in [-0.2, -0.15) is 0 Å². The van der Waals surface area contributed by atoms with E-state index < -0.39 is 21.7 Å². The third-order valence-corrected chi connectivity index (χ3v) is 4.81. The van der Waals surface area contributed by atoms with Crippen LogP contribution in [-0.2, 0) is 10.0 Å². The third-order valence-electron chi connectivity index (χ3n) is 3.76. The molecule has 1 aromatic carbocycles. The topological polar surface area (TPSA) is 89.3 Å². The smallest absolute Gasteiger partial charge is 0.254 e. The second-order valence-corrected chi connectivity index (χ2v) is 6.98. The average Bonchev–Trinajstić information content (AvgIpc) is 2.38. The summed E-state index contributed by atoms with van der Waals surface area (Å²) >= 11 is 0. The molecule has 1 fully saturated rings. The van der Waals surface area contributed by atoms with Crippen LogP contribution in [0.4, 0.5) is 4.39 Å².